The molecule has 0 unspecified atom stereocenters. The van der Waals surface area contributed by atoms with E-state index in [1.165, 1.54) is 4.91 Å². The van der Waals surface area contributed by atoms with Gasteiger partial charge in [-0.3, -0.25) is 4.79 Å². The van der Waals surface area contributed by atoms with Crippen molar-refractivity contribution in [2.24, 2.45) is 11.7 Å². The fraction of sp³-hybridized carbons (Fsp3) is 0.353. The first kappa shape index (κ1) is 14.4. The van der Waals surface area contributed by atoms with Crippen molar-refractivity contribution in [1.82, 2.24) is 0 Å². The van der Waals surface area contributed by atoms with Gasteiger partial charge in [0.15, 0.2) is 0 Å². The molecular weight excluding hydrogens is 282 g/mol. The molecule has 0 aromatic heterocycles. The second-order valence-corrected chi connectivity index (χ2v) is 6.51. The lowest BCUT2D eigenvalue weighted by atomic mass is 9.73. The number of rotatable bonds is 3. The number of hydrogen-bond acceptors (Lipinski definition) is 4. The lowest BCUT2D eigenvalue weighted by Crippen LogP contribution is -2.52. The van der Waals surface area contributed by atoms with Crippen LogP contribution in [0.25, 0.3) is 0 Å². The fourth-order valence-corrected chi connectivity index (χ4v) is 4.66. The summed E-state index contributed by atoms with van der Waals surface area (Å²) in [6, 6.07) is 9.92. The summed E-state index contributed by atoms with van der Waals surface area (Å²) in [5.41, 5.74) is 7.10. The molecule has 1 saturated heterocycles. The van der Waals surface area contributed by atoms with Gasteiger partial charge in [0.2, 0.25) is 0 Å². The average Bonchev–Trinajstić information content (AvgIpc) is 2.83. The van der Waals surface area contributed by atoms with E-state index in [9.17, 15) is 4.79 Å². The van der Waals surface area contributed by atoms with Crippen molar-refractivity contribution < 1.29 is 9.53 Å². The lowest BCUT2D eigenvalue weighted by molar-refractivity contribution is -0.144. The number of allylic oxidation sites excluding steroid dienone is 3. The summed E-state index contributed by atoms with van der Waals surface area (Å²) in [4.78, 5) is 13.6. The first-order valence-electron chi connectivity index (χ1n) is 7.22. The first-order valence-corrected chi connectivity index (χ1v) is 8.10. The molecule has 21 heavy (non-hydrogen) atoms. The number of carbonyl (C=O) groups is 1. The largest absolute Gasteiger partial charge is 0.465 e. The normalized spacial score (nSPS) is 30.7. The third-order valence-corrected chi connectivity index (χ3v) is 5.66. The van der Waals surface area contributed by atoms with Crippen LogP contribution in [0.3, 0.4) is 0 Å². The molecule has 3 rings (SSSR count). The Morgan fingerprint density at radius 2 is 2.19 bits per heavy atom. The highest BCUT2D eigenvalue weighted by molar-refractivity contribution is 8.04. The van der Waals surface area contributed by atoms with E-state index in [2.05, 4.69) is 12.2 Å². The van der Waals surface area contributed by atoms with Crippen molar-refractivity contribution in [3.05, 3.63) is 59.0 Å². The molecule has 1 fully saturated rings. The van der Waals surface area contributed by atoms with Crippen LogP contribution in [0, 0.1) is 5.92 Å². The Balaban J connectivity index is 2.05. The maximum absolute atomic E-state index is 12.4. The van der Waals surface area contributed by atoms with Crippen LogP contribution in [0.2, 0.25) is 0 Å². The van der Waals surface area contributed by atoms with E-state index in [0.717, 1.165) is 12.0 Å². The molecular formula is C17H19NO2S. The van der Waals surface area contributed by atoms with Gasteiger partial charge < -0.3 is 10.5 Å². The van der Waals surface area contributed by atoms with Gasteiger partial charge in [0.1, 0.15) is 5.25 Å². The van der Waals surface area contributed by atoms with Crippen LogP contribution in [-0.4, -0.2) is 17.8 Å². The molecule has 0 radical (unpaired) electrons. The number of esters is 1. The highest BCUT2D eigenvalue weighted by atomic mass is 32.2. The van der Waals surface area contributed by atoms with Gasteiger partial charge in [0.05, 0.1) is 12.1 Å². The van der Waals surface area contributed by atoms with Crippen LogP contribution in [0.4, 0.5) is 0 Å². The Labute approximate surface area is 129 Å². The minimum Gasteiger partial charge on any atom is -0.465 e. The Bertz CT molecular complexity index is 596. The smallest absolute Gasteiger partial charge is 0.321 e. The van der Waals surface area contributed by atoms with Crippen molar-refractivity contribution in [2.45, 2.75) is 24.1 Å². The van der Waals surface area contributed by atoms with E-state index >= 15 is 0 Å². The summed E-state index contributed by atoms with van der Waals surface area (Å²) in [5.74, 6) is -0.0755. The Kier molecular flexibility index (Phi) is 3.91. The number of ether oxygens (including phenoxy) is 1. The zero-order valence-electron chi connectivity index (χ0n) is 12.0. The summed E-state index contributed by atoms with van der Waals surface area (Å²) in [6.45, 7) is 2.20. The summed E-state index contributed by atoms with van der Waals surface area (Å²) in [7, 11) is 0. The molecule has 1 aliphatic carbocycles. The number of carbonyl (C=O) groups excluding carboxylic acids is 1. The lowest BCUT2D eigenvalue weighted by Gasteiger charge is -2.35. The molecule has 0 bridgehead atoms. The van der Waals surface area contributed by atoms with Gasteiger partial charge in [0.25, 0.3) is 0 Å². The van der Waals surface area contributed by atoms with E-state index in [0.29, 0.717) is 6.61 Å². The standard InChI is InChI=1S/C17H19NO2S/c1-2-20-16(19)15-17(18,12-8-4-3-5-9-12)13-10-6-7-11-14(13)21-15/h3-9,11,13,15H,2,10,18H2,1H3/t13-,15-,17+/m0/s1. The SMILES string of the molecule is CCOC(=O)[C@@H]1SC2=CC=CC[C@@H]2[C@]1(N)c1ccccc1. The van der Waals surface area contributed by atoms with Crippen LogP contribution in [0.1, 0.15) is 18.9 Å². The Morgan fingerprint density at radius 1 is 1.43 bits per heavy atom. The topological polar surface area (TPSA) is 52.3 Å². The van der Waals surface area contributed by atoms with Crippen molar-refractivity contribution in [3.8, 4) is 0 Å². The molecule has 2 aliphatic rings. The predicted molar refractivity (Wildman–Crippen MR) is 85.6 cm³/mol. The van der Waals surface area contributed by atoms with Crippen molar-refractivity contribution in [1.29, 1.82) is 0 Å². The summed E-state index contributed by atoms with van der Waals surface area (Å²) < 4.78 is 5.26. The van der Waals surface area contributed by atoms with Crippen LogP contribution < -0.4 is 5.73 Å². The zero-order chi connectivity index (χ0) is 14.9. The molecule has 0 saturated carbocycles. The van der Waals surface area contributed by atoms with Crippen LogP contribution >= 0.6 is 11.8 Å². The molecule has 110 valence electrons. The third kappa shape index (κ3) is 2.32. The number of nitrogens with two attached hydrogens (primary N) is 1. The van der Waals surface area contributed by atoms with E-state index < -0.39 is 10.8 Å². The van der Waals surface area contributed by atoms with Crippen LogP contribution in [0.15, 0.2) is 53.5 Å². The minimum absolute atomic E-state index is 0.143. The number of benzene rings is 1. The quantitative estimate of drug-likeness (QED) is 0.872. The highest BCUT2D eigenvalue weighted by Crippen LogP contribution is 2.55. The maximum atomic E-state index is 12.4. The number of hydrogen-bond donors (Lipinski definition) is 1. The van der Waals surface area contributed by atoms with E-state index in [1.807, 2.05) is 43.3 Å². The molecule has 4 heteroatoms. The van der Waals surface area contributed by atoms with Gasteiger partial charge in [-0.05, 0) is 23.8 Å². The summed E-state index contributed by atoms with van der Waals surface area (Å²) in [6.07, 6.45) is 7.09. The predicted octanol–water partition coefficient (Wildman–Crippen LogP) is 2.98. The number of thioether (sulfide) groups is 1. The second kappa shape index (κ2) is 5.70. The van der Waals surface area contributed by atoms with E-state index in [-0.39, 0.29) is 11.9 Å². The zero-order valence-corrected chi connectivity index (χ0v) is 12.8. The molecule has 3 atom stereocenters. The maximum Gasteiger partial charge on any atom is 0.321 e. The fourth-order valence-electron chi connectivity index (χ4n) is 3.12. The summed E-state index contributed by atoms with van der Waals surface area (Å²) in [5, 5.41) is -0.393. The molecule has 2 N–H and O–H groups in total. The minimum atomic E-state index is -0.714. The van der Waals surface area contributed by atoms with Crippen LogP contribution in [0.5, 0.6) is 0 Å². The Morgan fingerprint density at radius 3 is 2.90 bits per heavy atom. The van der Waals surface area contributed by atoms with Crippen molar-refractivity contribution in [2.75, 3.05) is 6.61 Å². The molecule has 1 heterocycles. The van der Waals surface area contributed by atoms with Crippen molar-refractivity contribution >= 4 is 17.7 Å². The molecule has 3 nitrogen and oxygen atoms in total. The highest BCUT2D eigenvalue weighted by Gasteiger charge is 2.55. The first-order chi connectivity index (χ1) is 10.2. The van der Waals surface area contributed by atoms with Gasteiger partial charge in [-0.2, -0.15) is 0 Å². The van der Waals surface area contributed by atoms with E-state index in [4.69, 9.17) is 10.5 Å². The number of fused-ring (bicyclic) bond motifs is 1. The molecule has 1 aromatic rings. The van der Waals surface area contributed by atoms with Gasteiger partial charge >= 0.3 is 5.97 Å². The summed E-state index contributed by atoms with van der Waals surface area (Å²) >= 11 is 1.55. The Hall–Kier alpha value is -1.52. The van der Waals surface area contributed by atoms with E-state index in [1.54, 1.807) is 11.8 Å². The molecule has 0 spiro atoms. The molecule has 1 aromatic carbocycles. The second-order valence-electron chi connectivity index (χ2n) is 5.33. The monoisotopic (exact) mass is 301 g/mol. The van der Waals surface area contributed by atoms with Gasteiger partial charge in [0, 0.05) is 5.92 Å². The van der Waals surface area contributed by atoms with Gasteiger partial charge in [-0.25, -0.2) is 0 Å². The third-order valence-electron chi connectivity index (χ3n) is 4.15. The van der Waals surface area contributed by atoms with Crippen molar-refractivity contribution in [3.63, 3.8) is 0 Å². The van der Waals surface area contributed by atoms with Gasteiger partial charge in [-0.1, -0.05) is 48.6 Å². The van der Waals surface area contributed by atoms with Crippen LogP contribution in [-0.2, 0) is 15.1 Å². The molecule has 0 amide bonds. The molecule has 1 aliphatic heterocycles. The average molecular weight is 301 g/mol. The van der Waals surface area contributed by atoms with Gasteiger partial charge in [-0.15, -0.1) is 11.8 Å².